The molecule has 0 aliphatic rings. The summed E-state index contributed by atoms with van der Waals surface area (Å²) in [5.41, 5.74) is -1.60. The molecule has 0 radical (unpaired) electrons. The van der Waals surface area contributed by atoms with E-state index in [0.717, 1.165) is 0 Å². The maximum absolute atomic E-state index is 12.5. The van der Waals surface area contributed by atoms with Gasteiger partial charge in [-0.25, -0.2) is 0 Å². The third-order valence-electron chi connectivity index (χ3n) is 3.32. The number of ether oxygens (including phenoxy) is 1. The number of carbonyl (C=O) groups is 1. The first-order chi connectivity index (χ1) is 7.11. The predicted octanol–water partition coefficient (Wildman–Crippen LogP) is 4.22. The molecule has 0 aliphatic heterocycles. The van der Waals surface area contributed by atoms with Gasteiger partial charge in [0.25, 0.3) is 0 Å². The van der Waals surface area contributed by atoms with E-state index in [4.69, 9.17) is 4.74 Å². The molecule has 0 aliphatic carbocycles. The van der Waals surface area contributed by atoms with Gasteiger partial charge in [0.05, 0.1) is 16.6 Å². The van der Waals surface area contributed by atoms with Crippen LogP contribution in [-0.2, 0) is 9.53 Å². The number of hydrogen-bond acceptors (Lipinski definition) is 2. The van der Waals surface area contributed by atoms with Crippen molar-refractivity contribution in [1.82, 2.24) is 0 Å². The molecule has 0 fully saturated rings. The molecular weight excluding hydrogens is 212 g/mol. The van der Waals surface area contributed by atoms with E-state index < -0.39 is 11.0 Å². The lowest BCUT2D eigenvalue weighted by Crippen LogP contribution is -2.53. The molecule has 0 aromatic carbocycles. The highest BCUT2D eigenvalue weighted by Gasteiger charge is 2.49. The minimum atomic E-state index is -0.515. The zero-order chi connectivity index (χ0) is 14.3. The second-order valence-electron chi connectivity index (χ2n) is 7.93. The van der Waals surface area contributed by atoms with Crippen LogP contribution in [0, 0.1) is 10.8 Å². The zero-order valence-corrected chi connectivity index (χ0v) is 13.3. The third-order valence-corrected chi connectivity index (χ3v) is 3.32. The molecule has 0 saturated carbocycles. The van der Waals surface area contributed by atoms with Crippen LogP contribution in [0.3, 0.4) is 0 Å². The van der Waals surface area contributed by atoms with E-state index in [0.29, 0.717) is 0 Å². The molecule has 0 spiro atoms. The van der Waals surface area contributed by atoms with E-state index in [1.165, 1.54) is 0 Å². The van der Waals surface area contributed by atoms with E-state index in [9.17, 15) is 4.79 Å². The second kappa shape index (κ2) is 4.38. The summed E-state index contributed by atoms with van der Waals surface area (Å²) in [6.45, 7) is 19.9. The maximum Gasteiger partial charge on any atom is 0.146 e. The number of rotatable bonds is 3. The largest absolute Gasteiger partial charge is 0.369 e. The van der Waals surface area contributed by atoms with Crippen LogP contribution in [0.2, 0.25) is 0 Å². The molecular formula is C15H30O2. The van der Waals surface area contributed by atoms with Crippen molar-refractivity contribution in [3.05, 3.63) is 0 Å². The molecule has 0 saturated heterocycles. The summed E-state index contributed by atoms with van der Waals surface area (Å²) in [7, 11) is 0. The second-order valence-corrected chi connectivity index (χ2v) is 7.93. The molecule has 0 atom stereocenters. The highest BCUT2D eigenvalue weighted by atomic mass is 16.5. The minimum absolute atomic E-state index is 0.235. The fourth-order valence-corrected chi connectivity index (χ4v) is 2.10. The van der Waals surface area contributed by atoms with E-state index in [1.54, 1.807) is 0 Å². The molecule has 17 heavy (non-hydrogen) atoms. The third kappa shape index (κ3) is 4.09. The summed E-state index contributed by atoms with van der Waals surface area (Å²) in [5.74, 6) is 0.235. The summed E-state index contributed by atoms with van der Waals surface area (Å²) in [6, 6.07) is 0. The smallest absolute Gasteiger partial charge is 0.146 e. The summed E-state index contributed by atoms with van der Waals surface area (Å²) in [5, 5.41) is 0. The Morgan fingerprint density at radius 3 is 1.35 bits per heavy atom. The topological polar surface area (TPSA) is 26.3 Å². The Balaban J connectivity index is 5.24. The molecule has 0 unspecified atom stereocenters. The molecule has 102 valence electrons. The number of ketones is 1. The van der Waals surface area contributed by atoms with Gasteiger partial charge in [-0.1, -0.05) is 34.6 Å². The Kier molecular flexibility index (Phi) is 4.29. The average Bonchev–Trinajstić information content (AvgIpc) is 1.95. The van der Waals surface area contributed by atoms with Gasteiger partial charge in [-0.15, -0.1) is 0 Å². The van der Waals surface area contributed by atoms with Crippen molar-refractivity contribution in [3.63, 3.8) is 0 Å². The fourth-order valence-electron chi connectivity index (χ4n) is 2.10. The Morgan fingerprint density at radius 2 is 1.12 bits per heavy atom. The van der Waals surface area contributed by atoms with Gasteiger partial charge in [0, 0.05) is 5.41 Å². The molecule has 0 heterocycles. The van der Waals surface area contributed by atoms with Crippen molar-refractivity contribution >= 4 is 5.78 Å². The molecule has 2 heteroatoms. The van der Waals surface area contributed by atoms with Crippen LogP contribution in [0.4, 0.5) is 0 Å². The van der Waals surface area contributed by atoms with Crippen molar-refractivity contribution in [3.8, 4) is 0 Å². The van der Waals surface area contributed by atoms with Crippen LogP contribution in [0.5, 0.6) is 0 Å². The van der Waals surface area contributed by atoms with Gasteiger partial charge in [-0.3, -0.25) is 4.79 Å². The quantitative estimate of drug-likeness (QED) is 0.740. The summed E-state index contributed by atoms with van der Waals surface area (Å²) >= 11 is 0. The Morgan fingerprint density at radius 1 is 0.765 bits per heavy atom. The van der Waals surface area contributed by atoms with Gasteiger partial charge in [0.1, 0.15) is 5.78 Å². The number of hydrogen-bond donors (Lipinski definition) is 0. The van der Waals surface area contributed by atoms with Crippen molar-refractivity contribution < 1.29 is 9.53 Å². The van der Waals surface area contributed by atoms with Crippen molar-refractivity contribution in [1.29, 1.82) is 0 Å². The van der Waals surface area contributed by atoms with Gasteiger partial charge in [-0.05, 0) is 34.6 Å². The minimum Gasteiger partial charge on any atom is -0.369 e. The van der Waals surface area contributed by atoms with Gasteiger partial charge in [0.2, 0.25) is 0 Å². The first-order valence-electron chi connectivity index (χ1n) is 6.36. The SMILES string of the molecule is CC(C)(C)OC(C)(C)C(C)(C)C(=O)C(C)(C)C. The molecule has 0 N–H and O–H groups in total. The van der Waals surface area contributed by atoms with Gasteiger partial charge in [0.15, 0.2) is 0 Å². The van der Waals surface area contributed by atoms with Crippen LogP contribution >= 0.6 is 0 Å². The van der Waals surface area contributed by atoms with Crippen LogP contribution in [0.25, 0.3) is 0 Å². The normalized spacial score (nSPS) is 14.9. The Hall–Kier alpha value is -0.370. The Bertz CT molecular complexity index is 285. The summed E-state index contributed by atoms with van der Waals surface area (Å²) in [6.07, 6.45) is 0. The van der Waals surface area contributed by atoms with Crippen LogP contribution in [0.15, 0.2) is 0 Å². The fraction of sp³-hybridized carbons (Fsp3) is 0.933. The van der Waals surface area contributed by atoms with E-state index in [-0.39, 0.29) is 16.8 Å². The number of carbonyl (C=O) groups excluding carboxylic acids is 1. The first-order valence-corrected chi connectivity index (χ1v) is 6.36. The van der Waals surface area contributed by atoms with Gasteiger partial charge in [-0.2, -0.15) is 0 Å². The van der Waals surface area contributed by atoms with E-state index in [2.05, 4.69) is 0 Å². The highest BCUT2D eigenvalue weighted by molar-refractivity contribution is 5.89. The standard InChI is InChI=1S/C15H30O2/c1-12(2,3)11(16)14(7,8)15(9,10)17-13(4,5)6/h1-10H3. The molecule has 2 nitrogen and oxygen atoms in total. The monoisotopic (exact) mass is 242 g/mol. The summed E-state index contributed by atoms with van der Waals surface area (Å²) in [4.78, 5) is 12.5. The van der Waals surface area contributed by atoms with Crippen molar-refractivity contribution in [2.75, 3.05) is 0 Å². The van der Waals surface area contributed by atoms with E-state index >= 15 is 0 Å². The first kappa shape index (κ1) is 16.6. The van der Waals surface area contributed by atoms with Crippen LogP contribution in [-0.4, -0.2) is 17.0 Å². The lowest BCUT2D eigenvalue weighted by atomic mass is 9.66. The molecule has 0 aromatic rings. The summed E-state index contributed by atoms with van der Waals surface area (Å²) < 4.78 is 6.09. The van der Waals surface area contributed by atoms with Gasteiger partial charge >= 0.3 is 0 Å². The van der Waals surface area contributed by atoms with Crippen LogP contribution < -0.4 is 0 Å². The molecule has 0 aromatic heterocycles. The van der Waals surface area contributed by atoms with E-state index in [1.807, 2.05) is 69.2 Å². The number of Topliss-reactive ketones (excluding diaryl/α,β-unsaturated/α-hetero) is 1. The maximum atomic E-state index is 12.5. The van der Waals surface area contributed by atoms with Gasteiger partial charge < -0.3 is 4.74 Å². The lowest BCUT2D eigenvalue weighted by molar-refractivity contribution is -0.181. The lowest BCUT2D eigenvalue weighted by Gasteiger charge is -2.46. The zero-order valence-electron chi connectivity index (χ0n) is 13.3. The molecule has 0 amide bonds. The molecule has 0 bridgehead atoms. The van der Waals surface area contributed by atoms with Crippen molar-refractivity contribution in [2.24, 2.45) is 10.8 Å². The molecule has 0 rings (SSSR count). The average molecular weight is 242 g/mol. The van der Waals surface area contributed by atoms with Crippen molar-refractivity contribution in [2.45, 2.75) is 80.4 Å². The predicted molar refractivity (Wildman–Crippen MR) is 73.2 cm³/mol. The van der Waals surface area contributed by atoms with Crippen LogP contribution in [0.1, 0.15) is 69.2 Å². The highest BCUT2D eigenvalue weighted by Crippen LogP contribution is 2.41. The Labute approximate surface area is 107 Å².